The Hall–Kier alpha value is -0.610. The highest BCUT2D eigenvalue weighted by Crippen LogP contribution is 2.14. The number of nitrogens with one attached hydrogen (secondary N) is 1. The molecular formula is C11H23N3O. The lowest BCUT2D eigenvalue weighted by Crippen LogP contribution is -2.44. The fraction of sp³-hybridized carbons (Fsp3) is 0.909. The van der Waals surface area contributed by atoms with Gasteiger partial charge in [0, 0.05) is 20.1 Å². The van der Waals surface area contributed by atoms with Crippen molar-refractivity contribution in [2.75, 3.05) is 40.8 Å². The van der Waals surface area contributed by atoms with Crippen LogP contribution < -0.4 is 5.32 Å². The van der Waals surface area contributed by atoms with Crippen LogP contribution in [0.2, 0.25) is 0 Å². The van der Waals surface area contributed by atoms with Gasteiger partial charge in [0.05, 0.1) is 6.04 Å². The third kappa shape index (κ3) is 3.18. The van der Waals surface area contributed by atoms with Crippen LogP contribution in [0, 0.1) is 5.92 Å². The molecule has 1 rings (SSSR count). The Morgan fingerprint density at radius 2 is 2.07 bits per heavy atom. The number of likely N-dealkylation sites (N-methyl/N-ethyl adjacent to an activating group) is 2. The van der Waals surface area contributed by atoms with Crippen LogP contribution >= 0.6 is 0 Å². The fourth-order valence-electron chi connectivity index (χ4n) is 2.30. The first-order valence-corrected chi connectivity index (χ1v) is 5.66. The second-order valence-electron chi connectivity index (χ2n) is 4.67. The monoisotopic (exact) mass is 213 g/mol. The van der Waals surface area contributed by atoms with Gasteiger partial charge in [-0.1, -0.05) is 6.92 Å². The molecule has 0 saturated carbocycles. The van der Waals surface area contributed by atoms with E-state index in [1.54, 1.807) is 0 Å². The molecular weight excluding hydrogens is 190 g/mol. The SMILES string of the molecule is CNCCC1C(=O)N(C)CC(C)CN1C. The number of rotatable bonds is 3. The smallest absolute Gasteiger partial charge is 0.239 e. The van der Waals surface area contributed by atoms with Crippen molar-refractivity contribution < 1.29 is 4.79 Å². The first kappa shape index (κ1) is 12.5. The number of carbonyl (C=O) groups excluding carboxylic acids is 1. The third-order valence-corrected chi connectivity index (χ3v) is 3.05. The molecule has 1 N–H and O–H groups in total. The molecule has 4 nitrogen and oxygen atoms in total. The number of carbonyl (C=O) groups is 1. The van der Waals surface area contributed by atoms with E-state index in [9.17, 15) is 4.79 Å². The van der Waals surface area contributed by atoms with Crippen molar-refractivity contribution >= 4 is 5.91 Å². The summed E-state index contributed by atoms with van der Waals surface area (Å²) < 4.78 is 0. The fourth-order valence-corrected chi connectivity index (χ4v) is 2.30. The molecule has 0 aromatic rings. The van der Waals surface area contributed by atoms with Crippen molar-refractivity contribution in [3.8, 4) is 0 Å². The molecule has 1 heterocycles. The molecule has 0 radical (unpaired) electrons. The van der Waals surface area contributed by atoms with Crippen molar-refractivity contribution in [2.45, 2.75) is 19.4 Å². The third-order valence-electron chi connectivity index (χ3n) is 3.05. The summed E-state index contributed by atoms with van der Waals surface area (Å²) in [7, 11) is 5.88. The highest BCUT2D eigenvalue weighted by atomic mass is 16.2. The summed E-state index contributed by atoms with van der Waals surface area (Å²) in [4.78, 5) is 16.1. The summed E-state index contributed by atoms with van der Waals surface area (Å²) in [6, 6.07) is 0.0485. The zero-order valence-corrected chi connectivity index (χ0v) is 10.3. The Labute approximate surface area is 92.6 Å². The predicted octanol–water partition coefficient (Wildman–Crippen LogP) is 0.00440. The lowest BCUT2D eigenvalue weighted by atomic mass is 10.1. The minimum absolute atomic E-state index is 0.0485. The first-order chi connectivity index (χ1) is 7.06. The molecule has 4 heteroatoms. The molecule has 88 valence electrons. The maximum atomic E-state index is 12.1. The summed E-state index contributed by atoms with van der Waals surface area (Å²) in [6.07, 6.45) is 0.892. The van der Waals surface area contributed by atoms with Crippen molar-refractivity contribution in [2.24, 2.45) is 5.92 Å². The van der Waals surface area contributed by atoms with Crippen LogP contribution in [0.1, 0.15) is 13.3 Å². The van der Waals surface area contributed by atoms with Crippen molar-refractivity contribution in [1.29, 1.82) is 0 Å². The van der Waals surface area contributed by atoms with E-state index < -0.39 is 0 Å². The Bertz CT molecular complexity index is 220. The molecule has 1 aliphatic heterocycles. The van der Waals surface area contributed by atoms with E-state index in [1.165, 1.54) is 0 Å². The molecule has 2 atom stereocenters. The molecule has 1 saturated heterocycles. The molecule has 1 fully saturated rings. The highest BCUT2D eigenvalue weighted by molar-refractivity contribution is 5.81. The van der Waals surface area contributed by atoms with Crippen molar-refractivity contribution in [1.82, 2.24) is 15.1 Å². The molecule has 0 aromatic carbocycles. The van der Waals surface area contributed by atoms with Gasteiger partial charge in [0.15, 0.2) is 0 Å². The molecule has 0 aromatic heterocycles. The highest BCUT2D eigenvalue weighted by Gasteiger charge is 2.30. The van der Waals surface area contributed by atoms with E-state index in [4.69, 9.17) is 0 Å². The summed E-state index contributed by atoms with van der Waals surface area (Å²) in [5.74, 6) is 0.820. The van der Waals surface area contributed by atoms with Gasteiger partial charge in [0.1, 0.15) is 0 Å². The van der Waals surface area contributed by atoms with Crippen LogP contribution in [0.25, 0.3) is 0 Å². The van der Waals surface area contributed by atoms with Gasteiger partial charge in [-0.05, 0) is 33.0 Å². The van der Waals surface area contributed by atoms with E-state index in [2.05, 4.69) is 17.1 Å². The summed E-state index contributed by atoms with van der Waals surface area (Å²) >= 11 is 0. The van der Waals surface area contributed by atoms with E-state index >= 15 is 0 Å². The van der Waals surface area contributed by atoms with Gasteiger partial charge in [0.25, 0.3) is 0 Å². The van der Waals surface area contributed by atoms with Gasteiger partial charge in [-0.2, -0.15) is 0 Å². The first-order valence-electron chi connectivity index (χ1n) is 5.66. The maximum Gasteiger partial charge on any atom is 0.239 e. The van der Waals surface area contributed by atoms with Crippen LogP contribution in [0.4, 0.5) is 0 Å². The van der Waals surface area contributed by atoms with Crippen LogP contribution in [0.15, 0.2) is 0 Å². The molecule has 15 heavy (non-hydrogen) atoms. The molecule has 1 amide bonds. The van der Waals surface area contributed by atoms with E-state index in [1.807, 2.05) is 26.0 Å². The van der Waals surface area contributed by atoms with E-state index in [-0.39, 0.29) is 11.9 Å². The Morgan fingerprint density at radius 3 is 2.67 bits per heavy atom. The Morgan fingerprint density at radius 1 is 1.40 bits per heavy atom. The number of nitrogens with zero attached hydrogens (tertiary/aromatic N) is 2. The lowest BCUT2D eigenvalue weighted by Gasteiger charge is -2.26. The second-order valence-corrected chi connectivity index (χ2v) is 4.67. The zero-order valence-electron chi connectivity index (χ0n) is 10.3. The lowest BCUT2D eigenvalue weighted by molar-refractivity contribution is -0.133. The average Bonchev–Trinajstić information content (AvgIpc) is 2.24. The number of amides is 1. The quantitative estimate of drug-likeness (QED) is 0.717. The minimum Gasteiger partial charge on any atom is -0.344 e. The van der Waals surface area contributed by atoms with Gasteiger partial charge in [-0.3, -0.25) is 9.69 Å². The Kier molecular flexibility index (Phi) is 4.54. The van der Waals surface area contributed by atoms with Gasteiger partial charge in [-0.15, -0.1) is 0 Å². The predicted molar refractivity (Wildman–Crippen MR) is 61.8 cm³/mol. The summed E-state index contributed by atoms with van der Waals surface area (Å²) in [5.41, 5.74) is 0. The molecule has 0 spiro atoms. The van der Waals surface area contributed by atoms with Gasteiger partial charge < -0.3 is 10.2 Å². The number of hydrogen-bond acceptors (Lipinski definition) is 3. The minimum atomic E-state index is 0.0485. The van der Waals surface area contributed by atoms with Gasteiger partial charge >= 0.3 is 0 Å². The van der Waals surface area contributed by atoms with E-state index in [0.717, 1.165) is 26.1 Å². The van der Waals surface area contributed by atoms with Gasteiger partial charge in [0.2, 0.25) is 5.91 Å². The van der Waals surface area contributed by atoms with E-state index in [0.29, 0.717) is 5.92 Å². The standard InChI is InChI=1S/C11H23N3O/c1-9-7-13(3)10(5-6-12-2)11(15)14(4)8-9/h9-10,12H,5-8H2,1-4H3. The average molecular weight is 213 g/mol. The van der Waals surface area contributed by atoms with Crippen LogP contribution in [-0.4, -0.2) is 62.5 Å². The van der Waals surface area contributed by atoms with Crippen LogP contribution in [-0.2, 0) is 4.79 Å². The summed E-state index contributed by atoms with van der Waals surface area (Å²) in [5, 5.41) is 3.11. The second kappa shape index (κ2) is 5.47. The van der Waals surface area contributed by atoms with Crippen molar-refractivity contribution in [3.05, 3.63) is 0 Å². The summed E-state index contributed by atoms with van der Waals surface area (Å²) in [6.45, 7) is 4.97. The normalized spacial score (nSPS) is 29.3. The Balaban J connectivity index is 2.67. The topological polar surface area (TPSA) is 35.6 Å². The molecule has 0 aliphatic carbocycles. The maximum absolute atomic E-state index is 12.1. The van der Waals surface area contributed by atoms with Crippen molar-refractivity contribution in [3.63, 3.8) is 0 Å². The van der Waals surface area contributed by atoms with Gasteiger partial charge in [-0.25, -0.2) is 0 Å². The van der Waals surface area contributed by atoms with Crippen LogP contribution in [0.5, 0.6) is 0 Å². The largest absolute Gasteiger partial charge is 0.344 e. The number of hydrogen-bond donors (Lipinski definition) is 1. The molecule has 0 bridgehead atoms. The zero-order chi connectivity index (χ0) is 11.4. The van der Waals surface area contributed by atoms with Crippen LogP contribution in [0.3, 0.4) is 0 Å². The molecule has 1 aliphatic rings. The molecule has 2 unspecified atom stereocenters.